The molecule has 9 aromatic carbocycles. The smallest absolute Gasteiger partial charge is 0.309 e. The number of fused-ring (bicyclic) bond motifs is 11. The Labute approximate surface area is 355 Å². The Balaban J connectivity index is 1.02. The van der Waals surface area contributed by atoms with Crippen molar-refractivity contribution in [2.75, 3.05) is 0 Å². The molecule has 6 nitrogen and oxygen atoms in total. The summed E-state index contributed by atoms with van der Waals surface area (Å²) in [6.07, 6.45) is 0. The minimum absolute atomic E-state index is 0.146. The van der Waals surface area contributed by atoms with Crippen molar-refractivity contribution in [2.24, 2.45) is 0 Å². The number of rotatable bonds is 5. The zero-order chi connectivity index (χ0) is 40.9. The second kappa shape index (κ2) is 13.3. The van der Waals surface area contributed by atoms with Crippen LogP contribution in [0.15, 0.2) is 217 Å². The molecule has 0 radical (unpaired) electrons. The Kier molecular flexibility index (Phi) is 7.36. The van der Waals surface area contributed by atoms with Gasteiger partial charge in [-0.05, 0) is 125 Å². The summed E-state index contributed by atoms with van der Waals surface area (Å²) in [7, 11) is 0. The van der Waals surface area contributed by atoms with E-state index in [0.717, 1.165) is 72.1 Å². The molecule has 0 atom stereocenters. The fourth-order valence-electron chi connectivity index (χ4n) is 9.76. The second-order valence-corrected chi connectivity index (χ2v) is 16.0. The molecule has 4 aromatic heterocycles. The van der Waals surface area contributed by atoms with E-state index in [0.29, 0.717) is 5.65 Å². The van der Waals surface area contributed by atoms with Gasteiger partial charge in [0.2, 0.25) is 0 Å². The standard InChI is InChI=1S/C56H35N5O/c62-56-60(42-18-8-3-9-19-42)53-31-27-39(35-47(53)55-57-48-21-11-13-23-54(48)61(55)56)38-26-30-52-46(34-38)45-33-37(25-29-51(45)59(52)41-16-6-2-7-17-41)36-24-28-50-44(32-36)43-20-10-12-22-49(43)58(50)40-14-4-1-5-15-40/h1-35H. The lowest BCUT2D eigenvalue weighted by molar-refractivity contribution is 0.932. The van der Waals surface area contributed by atoms with Crippen LogP contribution in [0.3, 0.4) is 0 Å². The maximum Gasteiger partial charge on any atom is 0.339 e. The number of hydrogen-bond acceptors (Lipinski definition) is 2. The quantitative estimate of drug-likeness (QED) is 0.174. The summed E-state index contributed by atoms with van der Waals surface area (Å²) in [5.41, 5.74) is 15.1. The molecular formula is C56H35N5O. The third kappa shape index (κ3) is 5.04. The van der Waals surface area contributed by atoms with Crippen LogP contribution >= 0.6 is 0 Å². The SMILES string of the molecule is O=c1n(-c2ccccc2)c2ccc(-c3ccc4c(c3)c3cc(-c5ccc6c(c5)c5ccccc5n6-c5ccccc5)ccc3n4-c3ccccc3)cc2c2nc3ccccc3n12. The molecule has 0 bridgehead atoms. The number of para-hydroxylation sites is 6. The van der Waals surface area contributed by atoms with Gasteiger partial charge in [-0.25, -0.2) is 14.2 Å². The predicted molar refractivity (Wildman–Crippen MR) is 255 cm³/mol. The monoisotopic (exact) mass is 793 g/mol. The molecule has 0 aliphatic heterocycles. The van der Waals surface area contributed by atoms with Crippen molar-refractivity contribution in [3.63, 3.8) is 0 Å². The van der Waals surface area contributed by atoms with Crippen LogP contribution in [0.2, 0.25) is 0 Å². The Bertz CT molecular complexity index is 3990. The minimum atomic E-state index is -0.146. The van der Waals surface area contributed by atoms with E-state index in [2.05, 4.69) is 167 Å². The Hall–Kier alpha value is -8.48. The zero-order valence-corrected chi connectivity index (χ0v) is 33.4. The van der Waals surface area contributed by atoms with Gasteiger partial charge >= 0.3 is 5.69 Å². The van der Waals surface area contributed by atoms with Crippen molar-refractivity contribution in [1.29, 1.82) is 0 Å². The molecule has 0 unspecified atom stereocenters. The first-order valence-electron chi connectivity index (χ1n) is 20.9. The molecular weight excluding hydrogens is 759 g/mol. The predicted octanol–water partition coefficient (Wildman–Crippen LogP) is 13.3. The van der Waals surface area contributed by atoms with E-state index in [1.807, 2.05) is 54.6 Å². The molecule has 62 heavy (non-hydrogen) atoms. The average molecular weight is 794 g/mol. The van der Waals surface area contributed by atoms with E-state index >= 15 is 0 Å². The molecule has 0 saturated carbocycles. The highest BCUT2D eigenvalue weighted by Gasteiger charge is 2.20. The van der Waals surface area contributed by atoms with Gasteiger partial charge < -0.3 is 9.13 Å². The van der Waals surface area contributed by atoms with Gasteiger partial charge in [0.1, 0.15) is 0 Å². The Morgan fingerprint density at radius 2 is 0.677 bits per heavy atom. The normalized spacial score (nSPS) is 11.9. The van der Waals surface area contributed by atoms with Gasteiger partial charge in [-0.2, -0.15) is 0 Å². The summed E-state index contributed by atoms with van der Waals surface area (Å²) >= 11 is 0. The van der Waals surface area contributed by atoms with Gasteiger partial charge in [-0.15, -0.1) is 0 Å². The van der Waals surface area contributed by atoms with Crippen LogP contribution in [0, 0.1) is 0 Å². The number of imidazole rings is 1. The number of aromatic nitrogens is 5. The van der Waals surface area contributed by atoms with E-state index in [-0.39, 0.29) is 5.69 Å². The van der Waals surface area contributed by atoms with E-state index in [9.17, 15) is 4.79 Å². The fourth-order valence-corrected chi connectivity index (χ4v) is 9.76. The molecule has 0 amide bonds. The molecule has 0 N–H and O–H groups in total. The number of hydrogen-bond donors (Lipinski definition) is 0. The molecule has 0 spiro atoms. The lowest BCUT2D eigenvalue weighted by atomic mass is 9.98. The van der Waals surface area contributed by atoms with Crippen LogP contribution in [-0.2, 0) is 0 Å². The fraction of sp³-hybridized carbons (Fsp3) is 0. The molecule has 6 heteroatoms. The highest BCUT2D eigenvalue weighted by Crippen LogP contribution is 2.40. The van der Waals surface area contributed by atoms with E-state index in [1.54, 1.807) is 8.97 Å². The summed E-state index contributed by atoms with van der Waals surface area (Å²) in [4.78, 5) is 19.4. The number of benzene rings is 9. The molecule has 0 aliphatic rings. The van der Waals surface area contributed by atoms with Crippen LogP contribution in [0.4, 0.5) is 0 Å². The third-order valence-electron chi connectivity index (χ3n) is 12.6. The summed E-state index contributed by atoms with van der Waals surface area (Å²) in [5, 5.41) is 5.70. The molecule has 0 fully saturated rings. The third-order valence-corrected chi connectivity index (χ3v) is 12.6. The van der Waals surface area contributed by atoms with Crippen LogP contribution in [0.1, 0.15) is 0 Å². The summed E-state index contributed by atoms with van der Waals surface area (Å²) < 4.78 is 8.28. The maximum atomic E-state index is 14.4. The van der Waals surface area contributed by atoms with Gasteiger partial charge in [0.25, 0.3) is 0 Å². The van der Waals surface area contributed by atoms with Crippen LogP contribution in [-0.4, -0.2) is 23.1 Å². The first kappa shape index (κ1) is 34.4. The second-order valence-electron chi connectivity index (χ2n) is 16.0. The Morgan fingerprint density at radius 1 is 0.306 bits per heavy atom. The maximum absolute atomic E-state index is 14.4. The molecule has 290 valence electrons. The van der Waals surface area contributed by atoms with Crippen molar-refractivity contribution in [3.8, 4) is 39.3 Å². The van der Waals surface area contributed by atoms with Gasteiger partial charge in [0, 0.05) is 38.3 Å². The topological polar surface area (TPSA) is 49.2 Å². The van der Waals surface area contributed by atoms with Crippen molar-refractivity contribution in [3.05, 3.63) is 223 Å². The highest BCUT2D eigenvalue weighted by atomic mass is 16.1. The van der Waals surface area contributed by atoms with Crippen LogP contribution in [0.5, 0.6) is 0 Å². The largest absolute Gasteiger partial charge is 0.339 e. The van der Waals surface area contributed by atoms with Gasteiger partial charge in [-0.1, -0.05) is 109 Å². The lowest BCUT2D eigenvalue weighted by Gasteiger charge is -2.13. The van der Waals surface area contributed by atoms with Gasteiger partial charge in [-0.3, -0.25) is 4.57 Å². The average Bonchev–Trinajstić information content (AvgIpc) is 4.00. The first-order chi connectivity index (χ1) is 30.7. The van der Waals surface area contributed by atoms with E-state index in [4.69, 9.17) is 4.98 Å². The first-order valence-corrected chi connectivity index (χ1v) is 20.9. The van der Waals surface area contributed by atoms with Crippen LogP contribution < -0.4 is 5.69 Å². The zero-order valence-electron chi connectivity index (χ0n) is 33.4. The molecule has 0 aliphatic carbocycles. The Morgan fingerprint density at radius 3 is 1.19 bits per heavy atom. The summed E-state index contributed by atoms with van der Waals surface area (Å²) in [5.74, 6) is 0. The van der Waals surface area contributed by atoms with Crippen LogP contribution in [0.25, 0.3) is 111 Å². The molecule has 4 heterocycles. The van der Waals surface area contributed by atoms with Crippen molar-refractivity contribution >= 4 is 71.2 Å². The molecule has 13 aromatic rings. The lowest BCUT2D eigenvalue weighted by Crippen LogP contribution is -2.25. The summed E-state index contributed by atoms with van der Waals surface area (Å²) in [6.45, 7) is 0. The van der Waals surface area contributed by atoms with Crippen molar-refractivity contribution in [1.82, 2.24) is 23.1 Å². The molecule has 0 saturated heterocycles. The molecule has 13 rings (SSSR count). The van der Waals surface area contributed by atoms with E-state index in [1.165, 1.54) is 32.8 Å². The van der Waals surface area contributed by atoms with E-state index < -0.39 is 0 Å². The summed E-state index contributed by atoms with van der Waals surface area (Å²) in [6, 6.07) is 74.6. The van der Waals surface area contributed by atoms with Crippen molar-refractivity contribution in [2.45, 2.75) is 0 Å². The minimum Gasteiger partial charge on any atom is -0.309 e. The highest BCUT2D eigenvalue weighted by molar-refractivity contribution is 6.13. The van der Waals surface area contributed by atoms with Gasteiger partial charge in [0.15, 0.2) is 5.65 Å². The van der Waals surface area contributed by atoms with Gasteiger partial charge in [0.05, 0.1) is 44.3 Å². The van der Waals surface area contributed by atoms with Crippen molar-refractivity contribution < 1.29 is 0 Å². The number of nitrogens with zero attached hydrogens (tertiary/aromatic N) is 5.